The molecule has 6 heteroatoms. The molecule has 1 N–H and O–H groups in total. The summed E-state index contributed by atoms with van der Waals surface area (Å²) in [6.45, 7) is 6.78. The normalized spacial score (nSPS) is 11.1. The number of rotatable bonds is 3. The summed E-state index contributed by atoms with van der Waals surface area (Å²) in [7, 11) is 0. The number of fused-ring (bicyclic) bond motifs is 1. The lowest BCUT2D eigenvalue weighted by Gasteiger charge is -2.09. The van der Waals surface area contributed by atoms with Crippen molar-refractivity contribution in [2.24, 2.45) is 0 Å². The molecule has 0 aliphatic carbocycles. The van der Waals surface area contributed by atoms with Crippen LogP contribution in [0.25, 0.3) is 16.9 Å². The second-order valence-corrected chi connectivity index (χ2v) is 5.92. The molecule has 0 amide bonds. The predicted octanol–water partition coefficient (Wildman–Crippen LogP) is 4.75. The molecule has 0 spiro atoms. The van der Waals surface area contributed by atoms with Gasteiger partial charge in [-0.25, -0.2) is 9.97 Å². The van der Waals surface area contributed by atoms with Crippen LogP contribution in [0.2, 0.25) is 10.0 Å². The van der Waals surface area contributed by atoms with Crippen LogP contribution in [0.4, 0.5) is 5.82 Å². The molecule has 0 atom stereocenters. The molecule has 3 rings (SSSR count). The molecule has 2 aromatic heterocycles. The summed E-state index contributed by atoms with van der Waals surface area (Å²) in [5.74, 6) is 1.81. The van der Waals surface area contributed by atoms with Crippen molar-refractivity contribution in [3.63, 3.8) is 0 Å². The van der Waals surface area contributed by atoms with Crippen LogP contribution < -0.4 is 5.32 Å². The highest BCUT2D eigenvalue weighted by Gasteiger charge is 2.16. The van der Waals surface area contributed by atoms with Gasteiger partial charge in [-0.3, -0.25) is 4.40 Å². The van der Waals surface area contributed by atoms with E-state index in [1.807, 2.05) is 36.4 Å². The van der Waals surface area contributed by atoms with E-state index in [2.05, 4.69) is 17.2 Å². The van der Waals surface area contributed by atoms with Crippen LogP contribution in [0.5, 0.6) is 0 Å². The SMILES string of the molecule is CCNc1c(-c2ccc(Cl)c(Cl)c2)nc2cc(C)nc(C)n12. The lowest BCUT2D eigenvalue weighted by atomic mass is 10.1. The molecule has 0 radical (unpaired) electrons. The standard InChI is InChI=1S/C16H16Cl2N4/c1-4-19-16-15(11-5-6-12(17)13(18)8-11)21-14-7-9(2)20-10(3)22(14)16/h5-8,19H,4H2,1-3H3. The van der Waals surface area contributed by atoms with Gasteiger partial charge in [-0.15, -0.1) is 0 Å². The third-order valence-corrected chi connectivity index (χ3v) is 4.18. The van der Waals surface area contributed by atoms with Crippen LogP contribution in [-0.2, 0) is 0 Å². The van der Waals surface area contributed by atoms with Gasteiger partial charge >= 0.3 is 0 Å². The fourth-order valence-electron chi connectivity index (χ4n) is 2.56. The first kappa shape index (κ1) is 15.1. The second kappa shape index (κ2) is 5.78. The predicted molar refractivity (Wildman–Crippen MR) is 92.1 cm³/mol. The van der Waals surface area contributed by atoms with E-state index >= 15 is 0 Å². The first-order valence-electron chi connectivity index (χ1n) is 7.07. The summed E-state index contributed by atoms with van der Waals surface area (Å²) in [4.78, 5) is 9.27. The highest BCUT2D eigenvalue weighted by atomic mass is 35.5. The third kappa shape index (κ3) is 2.53. The number of benzene rings is 1. The Kier molecular flexibility index (Phi) is 3.98. The van der Waals surface area contributed by atoms with Gasteiger partial charge in [-0.2, -0.15) is 0 Å². The highest BCUT2D eigenvalue weighted by Crippen LogP contribution is 2.33. The maximum atomic E-state index is 6.15. The van der Waals surface area contributed by atoms with Crippen LogP contribution in [0.15, 0.2) is 24.3 Å². The van der Waals surface area contributed by atoms with Crippen molar-refractivity contribution in [3.8, 4) is 11.3 Å². The Morgan fingerprint density at radius 2 is 1.86 bits per heavy atom. The minimum Gasteiger partial charge on any atom is -0.370 e. The van der Waals surface area contributed by atoms with Crippen LogP contribution >= 0.6 is 23.2 Å². The minimum atomic E-state index is 0.518. The molecule has 0 fully saturated rings. The number of hydrogen-bond donors (Lipinski definition) is 1. The third-order valence-electron chi connectivity index (χ3n) is 3.44. The van der Waals surface area contributed by atoms with Gasteiger partial charge in [0.1, 0.15) is 23.0 Å². The smallest absolute Gasteiger partial charge is 0.142 e. The molecule has 1 aromatic carbocycles. The van der Waals surface area contributed by atoms with Crippen molar-refractivity contribution in [1.82, 2.24) is 14.4 Å². The highest BCUT2D eigenvalue weighted by molar-refractivity contribution is 6.42. The Hall–Kier alpha value is -1.78. The van der Waals surface area contributed by atoms with Gasteiger partial charge in [0.05, 0.1) is 10.0 Å². The lowest BCUT2D eigenvalue weighted by molar-refractivity contribution is 0.955. The van der Waals surface area contributed by atoms with Gasteiger partial charge < -0.3 is 5.32 Å². The molecule has 0 bridgehead atoms. The largest absolute Gasteiger partial charge is 0.370 e. The summed E-state index contributed by atoms with van der Waals surface area (Å²) in [5, 5.41) is 4.43. The van der Waals surface area contributed by atoms with E-state index in [-0.39, 0.29) is 0 Å². The van der Waals surface area contributed by atoms with Gasteiger partial charge in [-0.05, 0) is 32.9 Å². The average Bonchev–Trinajstić information content (AvgIpc) is 2.81. The summed E-state index contributed by atoms with van der Waals surface area (Å²) in [6, 6.07) is 7.51. The Balaban J connectivity index is 2.30. The number of imidazole rings is 1. The molecule has 3 aromatic rings. The Bertz CT molecular complexity index is 855. The number of nitrogens with zero attached hydrogens (tertiary/aromatic N) is 3. The van der Waals surface area contributed by atoms with E-state index in [9.17, 15) is 0 Å². The van der Waals surface area contributed by atoms with Crippen molar-refractivity contribution in [1.29, 1.82) is 0 Å². The summed E-state index contributed by atoms with van der Waals surface area (Å²) in [6.07, 6.45) is 0. The molecular weight excluding hydrogens is 319 g/mol. The van der Waals surface area contributed by atoms with Gasteiger partial charge in [-0.1, -0.05) is 29.3 Å². The van der Waals surface area contributed by atoms with Crippen LogP contribution in [0.1, 0.15) is 18.4 Å². The molecule has 0 aliphatic heterocycles. The van der Waals surface area contributed by atoms with Crippen LogP contribution in [-0.4, -0.2) is 20.9 Å². The Labute approximate surface area is 139 Å². The lowest BCUT2D eigenvalue weighted by Crippen LogP contribution is -2.05. The molecule has 0 saturated heterocycles. The molecule has 0 unspecified atom stereocenters. The van der Waals surface area contributed by atoms with Gasteiger partial charge in [0.2, 0.25) is 0 Å². The zero-order chi connectivity index (χ0) is 15.9. The van der Waals surface area contributed by atoms with Crippen molar-refractivity contribution < 1.29 is 0 Å². The fourth-order valence-corrected chi connectivity index (χ4v) is 2.86. The molecule has 114 valence electrons. The number of hydrogen-bond acceptors (Lipinski definition) is 3. The Morgan fingerprint density at radius 1 is 1.09 bits per heavy atom. The molecule has 0 saturated carbocycles. The van der Waals surface area contributed by atoms with Crippen LogP contribution in [0.3, 0.4) is 0 Å². The van der Waals surface area contributed by atoms with E-state index in [1.54, 1.807) is 6.07 Å². The average molecular weight is 335 g/mol. The van der Waals surface area contributed by atoms with E-state index in [0.717, 1.165) is 40.8 Å². The summed E-state index contributed by atoms with van der Waals surface area (Å²) < 4.78 is 2.02. The zero-order valence-electron chi connectivity index (χ0n) is 12.6. The molecular formula is C16H16Cl2N4. The quantitative estimate of drug-likeness (QED) is 0.751. The zero-order valence-corrected chi connectivity index (χ0v) is 14.1. The van der Waals surface area contributed by atoms with E-state index in [0.29, 0.717) is 10.0 Å². The minimum absolute atomic E-state index is 0.518. The van der Waals surface area contributed by atoms with E-state index in [4.69, 9.17) is 28.2 Å². The second-order valence-electron chi connectivity index (χ2n) is 5.11. The summed E-state index contributed by atoms with van der Waals surface area (Å²) >= 11 is 12.2. The topological polar surface area (TPSA) is 42.2 Å². The van der Waals surface area contributed by atoms with Crippen molar-refractivity contribution in [2.45, 2.75) is 20.8 Å². The van der Waals surface area contributed by atoms with Gasteiger partial charge in [0, 0.05) is 23.9 Å². The maximum Gasteiger partial charge on any atom is 0.142 e. The number of halogens is 2. The van der Waals surface area contributed by atoms with Crippen molar-refractivity contribution in [3.05, 3.63) is 45.8 Å². The van der Waals surface area contributed by atoms with Crippen molar-refractivity contribution in [2.75, 3.05) is 11.9 Å². The number of aromatic nitrogens is 3. The number of anilines is 1. The number of nitrogens with one attached hydrogen (secondary N) is 1. The molecule has 2 heterocycles. The molecule has 0 aliphatic rings. The monoisotopic (exact) mass is 334 g/mol. The summed E-state index contributed by atoms with van der Waals surface area (Å²) in [5.41, 5.74) is 3.57. The van der Waals surface area contributed by atoms with Crippen molar-refractivity contribution >= 4 is 34.7 Å². The van der Waals surface area contributed by atoms with Gasteiger partial charge in [0.15, 0.2) is 0 Å². The maximum absolute atomic E-state index is 6.15. The number of aryl methyl sites for hydroxylation is 2. The molecule has 22 heavy (non-hydrogen) atoms. The molecule has 4 nitrogen and oxygen atoms in total. The van der Waals surface area contributed by atoms with E-state index < -0.39 is 0 Å². The van der Waals surface area contributed by atoms with Gasteiger partial charge in [0.25, 0.3) is 0 Å². The first-order valence-corrected chi connectivity index (χ1v) is 7.83. The fraction of sp³-hybridized carbons (Fsp3) is 0.250. The van der Waals surface area contributed by atoms with E-state index in [1.165, 1.54) is 0 Å². The Morgan fingerprint density at radius 3 is 2.55 bits per heavy atom. The van der Waals surface area contributed by atoms with Crippen LogP contribution in [0, 0.1) is 13.8 Å². The first-order chi connectivity index (χ1) is 10.5.